The molecule has 0 fully saturated rings. The first-order valence-electron chi connectivity index (χ1n) is 5.86. The van der Waals surface area contributed by atoms with Crippen molar-refractivity contribution >= 4 is 5.69 Å². The molecule has 1 unspecified atom stereocenters. The lowest BCUT2D eigenvalue weighted by molar-refractivity contribution is 0.156. The zero-order valence-corrected chi connectivity index (χ0v) is 10.4. The lowest BCUT2D eigenvalue weighted by Gasteiger charge is -2.19. The molecular formula is C13H20F2N2. The number of anilines is 1. The fraction of sp³-hybridized carbons (Fsp3) is 0.538. The van der Waals surface area contributed by atoms with Crippen molar-refractivity contribution in [2.75, 3.05) is 18.5 Å². The van der Waals surface area contributed by atoms with E-state index in [1.165, 1.54) is 0 Å². The lowest BCUT2D eigenvalue weighted by atomic mass is 10.0. The molecule has 1 aromatic rings. The maximum atomic E-state index is 12.2. The van der Waals surface area contributed by atoms with Gasteiger partial charge in [0, 0.05) is 18.8 Å². The Hall–Kier alpha value is -1.16. The van der Waals surface area contributed by atoms with E-state index >= 15 is 0 Å². The summed E-state index contributed by atoms with van der Waals surface area (Å²) in [6.07, 6.45) is -0.546. The SMILES string of the molecule is CCC(N)Cc1ccc(N(C)CC(F)F)cc1. The number of nitrogens with two attached hydrogens (primary N) is 1. The van der Waals surface area contributed by atoms with E-state index in [1.54, 1.807) is 11.9 Å². The van der Waals surface area contributed by atoms with Crippen LogP contribution in [0.4, 0.5) is 14.5 Å². The number of hydrogen-bond donors (Lipinski definition) is 1. The van der Waals surface area contributed by atoms with Crippen LogP contribution in [0.15, 0.2) is 24.3 Å². The number of nitrogens with zero attached hydrogens (tertiary/aromatic N) is 1. The van der Waals surface area contributed by atoms with Crippen molar-refractivity contribution < 1.29 is 8.78 Å². The van der Waals surface area contributed by atoms with Gasteiger partial charge in [-0.15, -0.1) is 0 Å². The monoisotopic (exact) mass is 242 g/mol. The first-order valence-corrected chi connectivity index (χ1v) is 5.86. The predicted octanol–water partition coefficient (Wildman–Crippen LogP) is 2.67. The number of halogens is 2. The van der Waals surface area contributed by atoms with E-state index in [2.05, 4.69) is 6.92 Å². The molecule has 0 heterocycles. The Bertz CT molecular complexity index is 325. The van der Waals surface area contributed by atoms with Crippen LogP contribution in [0, 0.1) is 0 Å². The predicted molar refractivity (Wildman–Crippen MR) is 67.7 cm³/mol. The van der Waals surface area contributed by atoms with Crippen molar-refractivity contribution in [3.8, 4) is 0 Å². The fourth-order valence-electron chi connectivity index (χ4n) is 1.65. The Morgan fingerprint density at radius 1 is 1.24 bits per heavy atom. The zero-order chi connectivity index (χ0) is 12.8. The fourth-order valence-corrected chi connectivity index (χ4v) is 1.65. The van der Waals surface area contributed by atoms with Gasteiger partial charge in [0.1, 0.15) is 0 Å². The molecule has 0 radical (unpaired) electrons. The van der Waals surface area contributed by atoms with Gasteiger partial charge in [-0.2, -0.15) is 0 Å². The highest BCUT2D eigenvalue weighted by Crippen LogP contribution is 2.16. The summed E-state index contributed by atoms with van der Waals surface area (Å²) in [5, 5.41) is 0. The van der Waals surface area contributed by atoms with E-state index in [9.17, 15) is 8.78 Å². The Balaban J connectivity index is 2.61. The molecule has 0 amide bonds. The van der Waals surface area contributed by atoms with Crippen LogP contribution in [-0.4, -0.2) is 26.1 Å². The molecule has 0 aliphatic carbocycles. The standard InChI is InChI=1S/C13H20F2N2/c1-3-11(16)8-10-4-6-12(7-5-10)17(2)9-13(14)15/h4-7,11,13H,3,8-9,16H2,1-2H3. The third-order valence-electron chi connectivity index (χ3n) is 2.81. The van der Waals surface area contributed by atoms with E-state index in [0.29, 0.717) is 0 Å². The smallest absolute Gasteiger partial charge is 0.255 e. The van der Waals surface area contributed by atoms with Gasteiger partial charge in [0.2, 0.25) is 0 Å². The highest BCUT2D eigenvalue weighted by Gasteiger charge is 2.08. The topological polar surface area (TPSA) is 29.3 Å². The molecule has 2 nitrogen and oxygen atoms in total. The summed E-state index contributed by atoms with van der Waals surface area (Å²) < 4.78 is 24.4. The van der Waals surface area contributed by atoms with Gasteiger partial charge in [0.25, 0.3) is 6.43 Å². The van der Waals surface area contributed by atoms with Gasteiger partial charge in [-0.3, -0.25) is 0 Å². The van der Waals surface area contributed by atoms with Gasteiger partial charge >= 0.3 is 0 Å². The van der Waals surface area contributed by atoms with Gasteiger partial charge in [-0.25, -0.2) is 8.78 Å². The number of alkyl halides is 2. The van der Waals surface area contributed by atoms with Crippen LogP contribution < -0.4 is 10.6 Å². The minimum atomic E-state index is -2.31. The molecule has 0 aliphatic rings. The van der Waals surface area contributed by atoms with E-state index < -0.39 is 6.43 Å². The minimum Gasteiger partial charge on any atom is -0.369 e. The molecule has 0 aromatic heterocycles. The average molecular weight is 242 g/mol. The third-order valence-corrected chi connectivity index (χ3v) is 2.81. The molecule has 0 bridgehead atoms. The summed E-state index contributed by atoms with van der Waals surface area (Å²) in [4.78, 5) is 1.55. The second kappa shape index (κ2) is 6.55. The van der Waals surface area contributed by atoms with E-state index in [0.717, 1.165) is 24.1 Å². The summed E-state index contributed by atoms with van der Waals surface area (Å²) in [7, 11) is 1.67. The van der Waals surface area contributed by atoms with E-state index in [1.807, 2.05) is 24.3 Å². The van der Waals surface area contributed by atoms with Crippen LogP contribution in [0.3, 0.4) is 0 Å². The highest BCUT2D eigenvalue weighted by atomic mass is 19.3. The van der Waals surface area contributed by atoms with Crippen molar-refractivity contribution in [1.82, 2.24) is 0 Å². The van der Waals surface area contributed by atoms with Gasteiger partial charge in [0.05, 0.1) is 6.54 Å². The van der Waals surface area contributed by atoms with Crippen LogP contribution in [0.1, 0.15) is 18.9 Å². The van der Waals surface area contributed by atoms with Crippen molar-refractivity contribution in [2.24, 2.45) is 5.73 Å². The molecule has 0 saturated carbocycles. The molecular weight excluding hydrogens is 222 g/mol. The van der Waals surface area contributed by atoms with Crippen molar-refractivity contribution in [3.05, 3.63) is 29.8 Å². The van der Waals surface area contributed by atoms with Crippen LogP contribution in [0.25, 0.3) is 0 Å². The minimum absolute atomic E-state index is 0.166. The summed E-state index contributed by atoms with van der Waals surface area (Å²) >= 11 is 0. The molecule has 0 spiro atoms. The summed E-state index contributed by atoms with van der Waals surface area (Å²) in [5.74, 6) is 0. The van der Waals surface area contributed by atoms with Crippen molar-refractivity contribution in [1.29, 1.82) is 0 Å². The molecule has 1 aromatic carbocycles. The number of hydrogen-bond acceptors (Lipinski definition) is 2. The zero-order valence-electron chi connectivity index (χ0n) is 10.4. The summed E-state index contributed by atoms with van der Waals surface area (Å²) in [6.45, 7) is 1.81. The van der Waals surface area contributed by atoms with Crippen molar-refractivity contribution in [2.45, 2.75) is 32.2 Å². The summed E-state index contributed by atoms with van der Waals surface area (Å²) in [6, 6.07) is 7.79. The molecule has 17 heavy (non-hydrogen) atoms. The Morgan fingerprint density at radius 3 is 2.29 bits per heavy atom. The Labute approximate surface area is 101 Å². The number of benzene rings is 1. The molecule has 0 aliphatic heterocycles. The second-order valence-corrected chi connectivity index (χ2v) is 4.31. The van der Waals surface area contributed by atoms with Crippen LogP contribution >= 0.6 is 0 Å². The maximum absolute atomic E-state index is 12.2. The highest BCUT2D eigenvalue weighted by molar-refractivity contribution is 5.47. The van der Waals surface area contributed by atoms with Crippen LogP contribution in [-0.2, 0) is 6.42 Å². The van der Waals surface area contributed by atoms with Crippen LogP contribution in [0.5, 0.6) is 0 Å². The lowest BCUT2D eigenvalue weighted by Crippen LogP contribution is -2.24. The largest absolute Gasteiger partial charge is 0.369 e. The molecule has 1 atom stereocenters. The van der Waals surface area contributed by atoms with Gasteiger partial charge in [-0.05, 0) is 30.5 Å². The van der Waals surface area contributed by atoms with E-state index in [-0.39, 0.29) is 12.6 Å². The average Bonchev–Trinajstić information content (AvgIpc) is 2.28. The van der Waals surface area contributed by atoms with E-state index in [4.69, 9.17) is 5.73 Å². The maximum Gasteiger partial charge on any atom is 0.255 e. The van der Waals surface area contributed by atoms with Gasteiger partial charge in [0.15, 0.2) is 0 Å². The third kappa shape index (κ3) is 4.69. The summed E-state index contributed by atoms with van der Waals surface area (Å²) in [5.41, 5.74) is 7.81. The Morgan fingerprint density at radius 2 is 1.82 bits per heavy atom. The second-order valence-electron chi connectivity index (χ2n) is 4.31. The van der Waals surface area contributed by atoms with Gasteiger partial charge < -0.3 is 10.6 Å². The molecule has 96 valence electrons. The number of rotatable bonds is 6. The quantitative estimate of drug-likeness (QED) is 0.831. The van der Waals surface area contributed by atoms with Gasteiger partial charge in [-0.1, -0.05) is 19.1 Å². The molecule has 2 N–H and O–H groups in total. The molecule has 0 saturated heterocycles. The van der Waals surface area contributed by atoms with Crippen LogP contribution in [0.2, 0.25) is 0 Å². The first kappa shape index (κ1) is 13.9. The Kier molecular flexibility index (Phi) is 5.35. The first-order chi connectivity index (χ1) is 8.02. The molecule has 1 rings (SSSR count). The normalized spacial score (nSPS) is 12.8. The van der Waals surface area contributed by atoms with Crippen molar-refractivity contribution in [3.63, 3.8) is 0 Å². The molecule has 4 heteroatoms.